The van der Waals surface area contributed by atoms with E-state index in [9.17, 15) is 4.79 Å². The van der Waals surface area contributed by atoms with Crippen molar-refractivity contribution in [2.75, 3.05) is 52.9 Å². The van der Waals surface area contributed by atoms with Crippen LogP contribution < -0.4 is 5.32 Å². The molecule has 0 aliphatic carbocycles. The smallest absolute Gasteiger partial charge is 0.409 e. The molecule has 0 radical (unpaired) electrons. The van der Waals surface area contributed by atoms with E-state index in [-0.39, 0.29) is 6.09 Å². The Balaban J connectivity index is 1.87. The SMILES string of the molecule is CCOC(=O)N1CCN(C(=NC)NCc2cccc(CN(CC)CC)c2)CC1. The van der Waals surface area contributed by atoms with Gasteiger partial charge in [0.2, 0.25) is 0 Å². The van der Waals surface area contributed by atoms with Crippen LogP contribution in [0.1, 0.15) is 31.9 Å². The Kier molecular flexibility index (Phi) is 9.07. The third-order valence-corrected chi connectivity index (χ3v) is 5.06. The standard InChI is InChI=1S/C21H35N5O2/c1-5-24(6-2)17-19-10-8-9-18(15-19)16-23-20(22-4)25-11-13-26(14-12-25)21(27)28-7-3/h8-10,15H,5-7,11-14,16-17H2,1-4H3,(H,22,23). The van der Waals surface area contributed by atoms with Gasteiger partial charge in [-0.25, -0.2) is 4.79 Å². The maximum absolute atomic E-state index is 11.8. The summed E-state index contributed by atoms with van der Waals surface area (Å²) in [6.45, 7) is 13.3. The molecule has 1 aromatic rings. The van der Waals surface area contributed by atoms with Gasteiger partial charge in [-0.15, -0.1) is 0 Å². The highest BCUT2D eigenvalue weighted by Crippen LogP contribution is 2.09. The summed E-state index contributed by atoms with van der Waals surface area (Å²) >= 11 is 0. The van der Waals surface area contributed by atoms with Gasteiger partial charge in [-0.2, -0.15) is 0 Å². The summed E-state index contributed by atoms with van der Waals surface area (Å²) in [5.74, 6) is 0.873. The largest absolute Gasteiger partial charge is 0.450 e. The third kappa shape index (κ3) is 6.41. The number of carbonyl (C=O) groups is 1. The second-order valence-electron chi connectivity index (χ2n) is 6.86. The number of guanidine groups is 1. The maximum atomic E-state index is 11.8. The highest BCUT2D eigenvalue weighted by Gasteiger charge is 2.23. The second-order valence-corrected chi connectivity index (χ2v) is 6.86. The first-order valence-electron chi connectivity index (χ1n) is 10.3. The lowest BCUT2D eigenvalue weighted by atomic mass is 10.1. The van der Waals surface area contributed by atoms with E-state index >= 15 is 0 Å². The first-order valence-corrected chi connectivity index (χ1v) is 10.3. The van der Waals surface area contributed by atoms with Crippen molar-refractivity contribution >= 4 is 12.1 Å². The number of hydrogen-bond donors (Lipinski definition) is 1. The molecule has 1 heterocycles. The van der Waals surface area contributed by atoms with Crippen LogP contribution in [-0.4, -0.2) is 79.7 Å². The van der Waals surface area contributed by atoms with Crippen LogP contribution in [0.4, 0.5) is 4.79 Å². The Labute approximate surface area is 169 Å². The first kappa shape index (κ1) is 22.0. The summed E-state index contributed by atoms with van der Waals surface area (Å²) in [6, 6.07) is 8.71. The van der Waals surface area contributed by atoms with E-state index in [1.165, 1.54) is 11.1 Å². The van der Waals surface area contributed by atoms with Gasteiger partial charge in [-0.3, -0.25) is 9.89 Å². The molecule has 1 aliphatic rings. The van der Waals surface area contributed by atoms with Crippen LogP contribution in [0.2, 0.25) is 0 Å². The Morgan fingerprint density at radius 1 is 1.11 bits per heavy atom. The Hall–Kier alpha value is -2.28. The molecule has 156 valence electrons. The fourth-order valence-corrected chi connectivity index (χ4v) is 3.37. The summed E-state index contributed by atoms with van der Waals surface area (Å²) in [5.41, 5.74) is 2.58. The number of nitrogens with zero attached hydrogens (tertiary/aromatic N) is 4. The Morgan fingerprint density at radius 2 is 1.75 bits per heavy atom. The summed E-state index contributed by atoms with van der Waals surface area (Å²) in [6.07, 6.45) is -0.227. The van der Waals surface area contributed by atoms with Gasteiger partial charge in [0.1, 0.15) is 0 Å². The van der Waals surface area contributed by atoms with Gasteiger partial charge in [0.05, 0.1) is 6.61 Å². The van der Waals surface area contributed by atoms with E-state index in [0.29, 0.717) is 19.7 Å². The molecule has 1 aromatic carbocycles. The molecule has 1 saturated heterocycles. The summed E-state index contributed by atoms with van der Waals surface area (Å²) in [5, 5.41) is 3.46. The summed E-state index contributed by atoms with van der Waals surface area (Å²) in [7, 11) is 1.80. The van der Waals surface area contributed by atoms with Crippen LogP contribution in [0.25, 0.3) is 0 Å². The average Bonchev–Trinajstić information content (AvgIpc) is 2.73. The van der Waals surface area contributed by atoms with Crippen LogP contribution in [0.15, 0.2) is 29.3 Å². The third-order valence-electron chi connectivity index (χ3n) is 5.06. The van der Waals surface area contributed by atoms with Crippen LogP contribution in [0.3, 0.4) is 0 Å². The highest BCUT2D eigenvalue weighted by molar-refractivity contribution is 5.80. The van der Waals surface area contributed by atoms with Gasteiger partial charge in [0.25, 0.3) is 0 Å². The predicted molar refractivity (Wildman–Crippen MR) is 113 cm³/mol. The van der Waals surface area contributed by atoms with Gasteiger partial charge in [0, 0.05) is 46.3 Å². The molecule has 0 saturated carbocycles. The second kappa shape index (κ2) is 11.5. The van der Waals surface area contributed by atoms with E-state index in [1.807, 2.05) is 6.92 Å². The van der Waals surface area contributed by atoms with Crippen LogP contribution >= 0.6 is 0 Å². The number of carbonyl (C=O) groups excluding carboxylic acids is 1. The van der Waals surface area contributed by atoms with Crippen LogP contribution in [-0.2, 0) is 17.8 Å². The number of hydrogen-bond acceptors (Lipinski definition) is 4. The van der Waals surface area contributed by atoms with E-state index in [1.54, 1.807) is 11.9 Å². The molecule has 7 nitrogen and oxygen atoms in total. The number of aliphatic imine (C=N–C) groups is 1. The van der Waals surface area contributed by atoms with E-state index in [4.69, 9.17) is 4.74 Å². The van der Waals surface area contributed by atoms with E-state index in [2.05, 4.69) is 58.2 Å². The van der Waals surface area contributed by atoms with Crippen molar-refractivity contribution in [3.63, 3.8) is 0 Å². The predicted octanol–water partition coefficient (Wildman–Crippen LogP) is 2.38. The van der Waals surface area contributed by atoms with Crippen molar-refractivity contribution in [3.05, 3.63) is 35.4 Å². The summed E-state index contributed by atoms with van der Waals surface area (Å²) < 4.78 is 5.08. The van der Waals surface area contributed by atoms with Crippen molar-refractivity contribution in [1.29, 1.82) is 0 Å². The Bertz CT molecular complexity index is 637. The lowest BCUT2D eigenvalue weighted by Gasteiger charge is -2.35. The van der Waals surface area contributed by atoms with Crippen LogP contribution in [0, 0.1) is 0 Å². The lowest BCUT2D eigenvalue weighted by molar-refractivity contribution is 0.0914. The molecule has 2 rings (SSSR count). The molecule has 0 bridgehead atoms. The van der Waals surface area contributed by atoms with Crippen molar-refractivity contribution < 1.29 is 9.53 Å². The molecule has 0 unspecified atom stereocenters. The molecule has 1 amide bonds. The van der Waals surface area contributed by atoms with Gasteiger partial charge >= 0.3 is 6.09 Å². The molecule has 1 aliphatic heterocycles. The molecule has 1 N–H and O–H groups in total. The van der Waals surface area contributed by atoms with Crippen LogP contribution in [0.5, 0.6) is 0 Å². The van der Waals surface area contributed by atoms with E-state index in [0.717, 1.165) is 45.2 Å². The Morgan fingerprint density at radius 3 is 2.36 bits per heavy atom. The topological polar surface area (TPSA) is 60.4 Å². The lowest BCUT2D eigenvalue weighted by Crippen LogP contribution is -2.53. The first-order chi connectivity index (χ1) is 13.6. The molecule has 0 atom stereocenters. The van der Waals surface area contributed by atoms with Gasteiger partial charge in [-0.05, 0) is 31.1 Å². The quantitative estimate of drug-likeness (QED) is 0.573. The fraction of sp³-hybridized carbons (Fsp3) is 0.619. The van der Waals surface area contributed by atoms with Gasteiger partial charge < -0.3 is 19.9 Å². The molecular formula is C21H35N5O2. The van der Waals surface area contributed by atoms with Crippen molar-refractivity contribution in [1.82, 2.24) is 20.0 Å². The minimum Gasteiger partial charge on any atom is -0.450 e. The molecule has 28 heavy (non-hydrogen) atoms. The monoisotopic (exact) mass is 389 g/mol. The van der Waals surface area contributed by atoms with Gasteiger partial charge in [0.15, 0.2) is 5.96 Å². The van der Waals surface area contributed by atoms with Crippen molar-refractivity contribution in [2.24, 2.45) is 4.99 Å². The highest BCUT2D eigenvalue weighted by atomic mass is 16.6. The van der Waals surface area contributed by atoms with Crippen molar-refractivity contribution in [2.45, 2.75) is 33.9 Å². The molecule has 0 spiro atoms. The average molecular weight is 390 g/mol. The maximum Gasteiger partial charge on any atom is 0.409 e. The number of amides is 1. The zero-order valence-corrected chi connectivity index (χ0v) is 17.8. The number of rotatable bonds is 7. The zero-order chi connectivity index (χ0) is 20.4. The number of ether oxygens (including phenoxy) is 1. The normalized spacial score (nSPS) is 15.1. The van der Waals surface area contributed by atoms with E-state index < -0.39 is 0 Å². The molecule has 0 aromatic heterocycles. The minimum atomic E-state index is -0.227. The number of piperazine rings is 1. The van der Waals surface area contributed by atoms with Crippen molar-refractivity contribution in [3.8, 4) is 0 Å². The summed E-state index contributed by atoms with van der Waals surface area (Å²) in [4.78, 5) is 22.6. The van der Waals surface area contributed by atoms with Gasteiger partial charge in [-0.1, -0.05) is 38.1 Å². The fourth-order valence-electron chi connectivity index (χ4n) is 3.37. The zero-order valence-electron chi connectivity index (χ0n) is 17.8. The molecule has 1 fully saturated rings. The molecule has 7 heteroatoms. The number of benzene rings is 1. The molecular weight excluding hydrogens is 354 g/mol. The number of nitrogens with one attached hydrogen (secondary N) is 1. The minimum absolute atomic E-state index is 0.227.